The topological polar surface area (TPSA) is 15.3 Å². The molecule has 0 amide bonds. The number of thiophene rings is 1. The van der Waals surface area contributed by atoms with Crippen molar-refractivity contribution < 1.29 is 0 Å². The predicted molar refractivity (Wildman–Crippen MR) is 61.6 cm³/mol. The summed E-state index contributed by atoms with van der Waals surface area (Å²) in [6.45, 7) is 4.74. The molecule has 0 aromatic carbocycles. The summed E-state index contributed by atoms with van der Waals surface area (Å²) in [4.78, 5) is 3.90. The van der Waals surface area contributed by atoms with E-state index in [4.69, 9.17) is 0 Å². The average molecular weight is 210 g/mol. The molecule has 1 unspecified atom stereocenters. The van der Waals surface area contributed by atoms with E-state index in [2.05, 4.69) is 34.8 Å². The molecule has 14 heavy (non-hydrogen) atoms. The molecule has 0 bridgehead atoms. The van der Waals surface area contributed by atoms with Crippen molar-refractivity contribution in [3.63, 3.8) is 0 Å². The van der Waals surface area contributed by atoms with E-state index in [1.54, 1.807) is 0 Å². The molecule has 1 aromatic rings. The van der Waals surface area contributed by atoms with Crippen molar-refractivity contribution in [1.29, 1.82) is 0 Å². The first-order valence-corrected chi connectivity index (χ1v) is 6.14. The van der Waals surface area contributed by atoms with E-state index in [-0.39, 0.29) is 0 Å². The third kappa shape index (κ3) is 2.80. The number of nitrogens with zero attached hydrogens (tertiary/aromatic N) is 1. The maximum absolute atomic E-state index is 3.41. The zero-order valence-corrected chi connectivity index (χ0v) is 9.52. The second kappa shape index (κ2) is 4.91. The van der Waals surface area contributed by atoms with E-state index >= 15 is 0 Å². The van der Waals surface area contributed by atoms with Gasteiger partial charge in [0.25, 0.3) is 0 Å². The van der Waals surface area contributed by atoms with Crippen LogP contribution in [0.4, 0.5) is 0 Å². The van der Waals surface area contributed by atoms with Crippen LogP contribution in [0.25, 0.3) is 0 Å². The summed E-state index contributed by atoms with van der Waals surface area (Å²) in [5.74, 6) is 0.861. The van der Waals surface area contributed by atoms with Crippen LogP contribution in [0.5, 0.6) is 0 Å². The third-order valence-electron chi connectivity index (χ3n) is 2.74. The molecule has 1 saturated heterocycles. The molecular formula is C11H18N2S. The highest BCUT2D eigenvalue weighted by molar-refractivity contribution is 7.09. The largest absolute Gasteiger partial charge is 0.316 e. The lowest BCUT2D eigenvalue weighted by Crippen LogP contribution is -2.26. The molecule has 1 aliphatic rings. The van der Waals surface area contributed by atoms with Crippen molar-refractivity contribution in [1.82, 2.24) is 10.2 Å². The molecule has 1 N–H and O–H groups in total. The SMILES string of the molecule is CN(Cc1cccs1)CC1CCNC1. The minimum Gasteiger partial charge on any atom is -0.316 e. The maximum atomic E-state index is 3.41. The van der Waals surface area contributed by atoms with Crippen LogP contribution in [-0.4, -0.2) is 31.6 Å². The first-order chi connectivity index (χ1) is 6.84. The van der Waals surface area contributed by atoms with Crippen molar-refractivity contribution >= 4 is 11.3 Å². The molecule has 0 radical (unpaired) electrons. The van der Waals surface area contributed by atoms with Gasteiger partial charge in [-0.2, -0.15) is 0 Å². The van der Waals surface area contributed by atoms with Gasteiger partial charge in [-0.05, 0) is 43.9 Å². The van der Waals surface area contributed by atoms with Crippen molar-refractivity contribution in [2.45, 2.75) is 13.0 Å². The van der Waals surface area contributed by atoms with E-state index < -0.39 is 0 Å². The van der Waals surface area contributed by atoms with Crippen LogP contribution in [0.1, 0.15) is 11.3 Å². The van der Waals surface area contributed by atoms with Crippen LogP contribution >= 0.6 is 11.3 Å². The van der Waals surface area contributed by atoms with Crippen molar-refractivity contribution in [3.05, 3.63) is 22.4 Å². The van der Waals surface area contributed by atoms with E-state index in [1.165, 1.54) is 30.9 Å². The lowest BCUT2D eigenvalue weighted by molar-refractivity contribution is 0.280. The predicted octanol–water partition coefficient (Wildman–Crippen LogP) is 1.79. The fourth-order valence-corrected chi connectivity index (χ4v) is 2.83. The van der Waals surface area contributed by atoms with Crippen LogP contribution in [0.2, 0.25) is 0 Å². The number of nitrogens with one attached hydrogen (secondary N) is 1. The van der Waals surface area contributed by atoms with Gasteiger partial charge in [-0.3, -0.25) is 0 Å². The van der Waals surface area contributed by atoms with Gasteiger partial charge in [0.2, 0.25) is 0 Å². The van der Waals surface area contributed by atoms with Gasteiger partial charge in [0.05, 0.1) is 0 Å². The van der Waals surface area contributed by atoms with Gasteiger partial charge in [0, 0.05) is 18.0 Å². The summed E-state index contributed by atoms with van der Waals surface area (Å²) in [5, 5.41) is 5.57. The zero-order valence-electron chi connectivity index (χ0n) is 8.70. The summed E-state index contributed by atoms with van der Waals surface area (Å²) in [6, 6.07) is 4.35. The molecule has 1 aromatic heterocycles. The minimum absolute atomic E-state index is 0.861. The van der Waals surface area contributed by atoms with E-state index in [0.29, 0.717) is 0 Å². The summed E-state index contributed by atoms with van der Waals surface area (Å²) in [7, 11) is 2.22. The number of hydrogen-bond donors (Lipinski definition) is 1. The van der Waals surface area contributed by atoms with E-state index in [0.717, 1.165) is 12.5 Å². The highest BCUT2D eigenvalue weighted by Crippen LogP contribution is 2.14. The number of rotatable bonds is 4. The Morgan fingerprint density at radius 2 is 2.57 bits per heavy atom. The summed E-state index contributed by atoms with van der Waals surface area (Å²) >= 11 is 1.85. The fraction of sp³-hybridized carbons (Fsp3) is 0.636. The van der Waals surface area contributed by atoms with Crippen molar-refractivity contribution in [2.75, 3.05) is 26.7 Å². The Morgan fingerprint density at radius 3 is 3.21 bits per heavy atom. The summed E-state index contributed by atoms with van der Waals surface area (Å²) < 4.78 is 0. The Morgan fingerprint density at radius 1 is 1.64 bits per heavy atom. The molecule has 1 fully saturated rings. The van der Waals surface area contributed by atoms with Gasteiger partial charge >= 0.3 is 0 Å². The van der Waals surface area contributed by atoms with E-state index in [9.17, 15) is 0 Å². The van der Waals surface area contributed by atoms with Crippen LogP contribution in [0.15, 0.2) is 17.5 Å². The Labute approximate surface area is 89.9 Å². The average Bonchev–Trinajstić information content (AvgIpc) is 2.76. The molecule has 1 atom stereocenters. The number of hydrogen-bond acceptors (Lipinski definition) is 3. The Bertz CT molecular complexity index is 252. The first kappa shape index (κ1) is 10.1. The molecule has 2 rings (SSSR count). The quantitative estimate of drug-likeness (QED) is 0.815. The Kier molecular flexibility index (Phi) is 3.56. The van der Waals surface area contributed by atoms with Crippen LogP contribution in [0, 0.1) is 5.92 Å². The Balaban J connectivity index is 1.75. The third-order valence-corrected chi connectivity index (χ3v) is 3.60. The van der Waals surface area contributed by atoms with Gasteiger partial charge in [-0.15, -0.1) is 11.3 Å². The molecule has 0 aliphatic carbocycles. The smallest absolute Gasteiger partial charge is 0.0324 e. The van der Waals surface area contributed by atoms with Crippen LogP contribution < -0.4 is 5.32 Å². The lowest BCUT2D eigenvalue weighted by Gasteiger charge is -2.19. The summed E-state index contributed by atoms with van der Waals surface area (Å²) in [6.07, 6.45) is 1.34. The molecule has 0 spiro atoms. The molecule has 78 valence electrons. The minimum atomic E-state index is 0.861. The molecule has 3 heteroatoms. The van der Waals surface area contributed by atoms with Crippen molar-refractivity contribution in [3.8, 4) is 0 Å². The molecule has 2 nitrogen and oxygen atoms in total. The maximum Gasteiger partial charge on any atom is 0.0324 e. The normalized spacial score (nSPS) is 22.0. The van der Waals surface area contributed by atoms with Gasteiger partial charge in [-0.25, -0.2) is 0 Å². The van der Waals surface area contributed by atoms with E-state index in [1.807, 2.05) is 11.3 Å². The monoisotopic (exact) mass is 210 g/mol. The van der Waals surface area contributed by atoms with Gasteiger partial charge < -0.3 is 10.2 Å². The standard InChI is InChI=1S/C11H18N2S/c1-13(8-10-4-5-12-7-10)9-11-3-2-6-14-11/h2-3,6,10,12H,4-5,7-9H2,1H3. The second-order valence-corrected chi connectivity index (χ2v) is 5.17. The zero-order chi connectivity index (χ0) is 9.80. The first-order valence-electron chi connectivity index (χ1n) is 5.26. The molecular weight excluding hydrogens is 192 g/mol. The fourth-order valence-electron chi connectivity index (χ4n) is 2.04. The Hall–Kier alpha value is -0.380. The van der Waals surface area contributed by atoms with Gasteiger partial charge in [0.15, 0.2) is 0 Å². The van der Waals surface area contributed by atoms with Gasteiger partial charge in [0.1, 0.15) is 0 Å². The highest BCUT2D eigenvalue weighted by Gasteiger charge is 2.16. The molecule has 0 saturated carbocycles. The van der Waals surface area contributed by atoms with Crippen LogP contribution in [-0.2, 0) is 6.54 Å². The molecule has 2 heterocycles. The highest BCUT2D eigenvalue weighted by atomic mass is 32.1. The molecule has 1 aliphatic heterocycles. The van der Waals surface area contributed by atoms with Crippen LogP contribution in [0.3, 0.4) is 0 Å². The summed E-state index contributed by atoms with van der Waals surface area (Å²) in [5.41, 5.74) is 0. The van der Waals surface area contributed by atoms with Crippen molar-refractivity contribution in [2.24, 2.45) is 5.92 Å². The lowest BCUT2D eigenvalue weighted by atomic mass is 10.1. The van der Waals surface area contributed by atoms with Gasteiger partial charge in [-0.1, -0.05) is 6.07 Å². The second-order valence-electron chi connectivity index (χ2n) is 4.13.